The van der Waals surface area contributed by atoms with E-state index in [9.17, 15) is 14.3 Å². The summed E-state index contributed by atoms with van der Waals surface area (Å²) in [6, 6.07) is 13.6. The molecule has 2 aliphatic rings. The molecule has 1 unspecified atom stereocenters. The lowest BCUT2D eigenvalue weighted by Gasteiger charge is -2.35. The lowest BCUT2D eigenvalue weighted by molar-refractivity contribution is -0.117. The summed E-state index contributed by atoms with van der Waals surface area (Å²) in [6.45, 7) is 0.790. The fourth-order valence-electron chi connectivity index (χ4n) is 4.70. The second-order valence-corrected chi connectivity index (χ2v) is 10.2. The average molecular weight is 494 g/mol. The van der Waals surface area contributed by atoms with Gasteiger partial charge in [0, 0.05) is 31.9 Å². The van der Waals surface area contributed by atoms with Crippen LogP contribution in [-0.4, -0.2) is 45.7 Å². The summed E-state index contributed by atoms with van der Waals surface area (Å²) in [5, 5.41) is 17.7. The van der Waals surface area contributed by atoms with Crippen molar-refractivity contribution in [3.63, 3.8) is 0 Å². The number of fused-ring (bicyclic) bond motifs is 1. The molecule has 182 valence electrons. The van der Waals surface area contributed by atoms with Crippen molar-refractivity contribution in [2.24, 2.45) is 0 Å². The molecule has 0 radical (unpaired) electrons. The number of rotatable bonds is 6. The van der Waals surface area contributed by atoms with Gasteiger partial charge in [0.15, 0.2) is 5.56 Å². The third-order valence-electron chi connectivity index (χ3n) is 6.68. The Kier molecular flexibility index (Phi) is 6.99. The molecule has 3 aromatic rings. The van der Waals surface area contributed by atoms with Gasteiger partial charge in [0.05, 0.1) is 10.6 Å². The van der Waals surface area contributed by atoms with E-state index in [0.29, 0.717) is 28.6 Å². The van der Waals surface area contributed by atoms with Crippen LogP contribution in [0.15, 0.2) is 53.6 Å². The van der Waals surface area contributed by atoms with Crippen LogP contribution in [-0.2, 0) is 11.3 Å². The van der Waals surface area contributed by atoms with Crippen molar-refractivity contribution >= 4 is 40.5 Å². The largest absolute Gasteiger partial charge is 0.364 e. The predicted molar refractivity (Wildman–Crippen MR) is 137 cm³/mol. The third-order valence-corrected chi connectivity index (χ3v) is 7.58. The number of hydrogen-bond acceptors (Lipinski definition) is 7. The van der Waals surface area contributed by atoms with Crippen LogP contribution in [0.4, 0.5) is 10.3 Å². The van der Waals surface area contributed by atoms with E-state index in [-0.39, 0.29) is 11.7 Å². The predicted octanol–water partition coefficient (Wildman–Crippen LogP) is 3.79. The molecule has 7 nitrogen and oxygen atoms in total. The standard InChI is InChI=1S/C26H28FN5O2S/c1-32(25-28-11-10-21(30-25)14-23-24(33)31-26(34)35-23)22-8-6-20(7-9-22)29-15-16-2-3-18-13-19(27)5-4-17(18)12-16/h2-5,10-14,20,22,26,29,34H,6-9,15H2,1H3,(H,31,33)/b23-14-. The molecule has 0 spiro atoms. The Bertz CT molecular complexity index is 1260. The number of benzene rings is 2. The van der Waals surface area contributed by atoms with Crippen LogP contribution in [0.1, 0.15) is 36.9 Å². The molecule has 1 aliphatic carbocycles. The van der Waals surface area contributed by atoms with Gasteiger partial charge in [-0.15, -0.1) is 0 Å². The molecule has 1 aliphatic heterocycles. The van der Waals surface area contributed by atoms with Crippen LogP contribution < -0.4 is 15.5 Å². The van der Waals surface area contributed by atoms with E-state index in [4.69, 9.17) is 0 Å². The molecule has 1 saturated heterocycles. The van der Waals surface area contributed by atoms with Crippen LogP contribution in [0.5, 0.6) is 0 Å². The molecule has 9 heteroatoms. The second kappa shape index (κ2) is 10.3. The van der Waals surface area contributed by atoms with Crippen LogP contribution >= 0.6 is 11.8 Å². The minimum Gasteiger partial charge on any atom is -0.364 e. The maximum absolute atomic E-state index is 13.4. The van der Waals surface area contributed by atoms with E-state index in [1.807, 2.05) is 19.2 Å². The van der Waals surface area contributed by atoms with Gasteiger partial charge in [0.25, 0.3) is 5.91 Å². The van der Waals surface area contributed by atoms with E-state index in [0.717, 1.165) is 54.8 Å². The Balaban J connectivity index is 1.15. The first kappa shape index (κ1) is 23.7. The summed E-state index contributed by atoms with van der Waals surface area (Å²) in [7, 11) is 2.02. The lowest BCUT2D eigenvalue weighted by atomic mass is 9.90. The number of nitrogens with one attached hydrogen (secondary N) is 2. The van der Waals surface area contributed by atoms with Crippen LogP contribution in [0, 0.1) is 5.82 Å². The topological polar surface area (TPSA) is 90.4 Å². The minimum absolute atomic E-state index is 0.209. The molecule has 1 atom stereocenters. The van der Waals surface area contributed by atoms with Crippen molar-refractivity contribution in [1.29, 1.82) is 0 Å². The summed E-state index contributed by atoms with van der Waals surface area (Å²) in [5.41, 5.74) is 0.929. The summed E-state index contributed by atoms with van der Waals surface area (Å²) < 4.78 is 13.4. The third kappa shape index (κ3) is 5.63. The zero-order valence-electron chi connectivity index (χ0n) is 19.4. The number of hydrogen-bond donors (Lipinski definition) is 3. The number of carbonyl (C=O) groups is 1. The zero-order chi connectivity index (χ0) is 24.4. The molecule has 35 heavy (non-hydrogen) atoms. The zero-order valence-corrected chi connectivity index (χ0v) is 20.3. The number of nitrogens with zero attached hydrogens (tertiary/aromatic N) is 3. The smallest absolute Gasteiger partial charge is 0.260 e. The van der Waals surface area contributed by atoms with Gasteiger partial charge >= 0.3 is 0 Å². The van der Waals surface area contributed by atoms with Crippen molar-refractivity contribution in [2.75, 3.05) is 11.9 Å². The van der Waals surface area contributed by atoms with Gasteiger partial charge in [-0.05, 0) is 72.4 Å². The Morgan fingerprint density at radius 1 is 1.17 bits per heavy atom. The van der Waals surface area contributed by atoms with E-state index in [1.54, 1.807) is 24.4 Å². The van der Waals surface area contributed by atoms with E-state index in [2.05, 4.69) is 37.6 Å². The van der Waals surface area contributed by atoms with Crippen LogP contribution in [0.2, 0.25) is 0 Å². The molecule has 1 saturated carbocycles. The molecule has 1 amide bonds. The highest BCUT2D eigenvalue weighted by Gasteiger charge is 2.27. The van der Waals surface area contributed by atoms with Gasteiger partial charge in [-0.3, -0.25) is 4.79 Å². The molecular weight excluding hydrogens is 465 g/mol. The Labute approximate surface area is 207 Å². The van der Waals surface area contributed by atoms with Gasteiger partial charge in [-0.25, -0.2) is 14.4 Å². The molecule has 2 heterocycles. The monoisotopic (exact) mass is 493 g/mol. The molecule has 2 aromatic carbocycles. The number of thioether (sulfide) groups is 1. The molecule has 2 fully saturated rings. The second-order valence-electron chi connectivity index (χ2n) is 9.06. The van der Waals surface area contributed by atoms with Crippen molar-refractivity contribution in [2.45, 2.75) is 49.9 Å². The average Bonchev–Trinajstić information content (AvgIpc) is 3.18. The van der Waals surface area contributed by atoms with E-state index >= 15 is 0 Å². The van der Waals surface area contributed by atoms with Crippen molar-refractivity contribution in [1.82, 2.24) is 20.6 Å². The number of anilines is 1. The van der Waals surface area contributed by atoms with Gasteiger partial charge in [-0.2, -0.15) is 0 Å². The molecule has 1 aromatic heterocycles. The van der Waals surface area contributed by atoms with Crippen LogP contribution in [0.3, 0.4) is 0 Å². The van der Waals surface area contributed by atoms with Crippen LogP contribution in [0.25, 0.3) is 16.8 Å². The Morgan fingerprint density at radius 2 is 1.94 bits per heavy atom. The molecule has 3 N–H and O–H groups in total. The summed E-state index contributed by atoms with van der Waals surface area (Å²) in [5.74, 6) is 0.131. The molecular formula is C26H28FN5O2S. The van der Waals surface area contributed by atoms with Gasteiger partial charge < -0.3 is 20.6 Å². The maximum atomic E-state index is 13.4. The van der Waals surface area contributed by atoms with Gasteiger partial charge in [0.1, 0.15) is 5.82 Å². The normalized spacial score (nSPS) is 23.6. The molecule has 0 bridgehead atoms. The first-order valence-electron chi connectivity index (χ1n) is 11.8. The van der Waals surface area contributed by atoms with Gasteiger partial charge in [0.2, 0.25) is 5.95 Å². The highest BCUT2D eigenvalue weighted by atomic mass is 32.2. The van der Waals surface area contributed by atoms with Crippen molar-refractivity contribution in [3.05, 3.63) is 70.6 Å². The maximum Gasteiger partial charge on any atom is 0.260 e. The van der Waals surface area contributed by atoms with Crippen molar-refractivity contribution in [3.8, 4) is 0 Å². The number of aliphatic hydroxyl groups is 1. The number of aromatic nitrogens is 2. The summed E-state index contributed by atoms with van der Waals surface area (Å²) in [4.78, 5) is 23.5. The quantitative estimate of drug-likeness (QED) is 0.450. The highest BCUT2D eigenvalue weighted by molar-refractivity contribution is 8.05. The van der Waals surface area contributed by atoms with E-state index < -0.39 is 5.56 Å². The van der Waals surface area contributed by atoms with Crippen molar-refractivity contribution < 1.29 is 14.3 Å². The fraction of sp³-hybridized carbons (Fsp3) is 0.346. The Morgan fingerprint density at radius 3 is 2.71 bits per heavy atom. The number of carbonyl (C=O) groups excluding carboxylic acids is 1. The first-order chi connectivity index (χ1) is 16.9. The summed E-state index contributed by atoms with van der Waals surface area (Å²) >= 11 is 1.07. The number of aliphatic hydroxyl groups excluding tert-OH is 1. The minimum atomic E-state index is -0.910. The fourth-order valence-corrected chi connectivity index (χ4v) is 5.46. The summed E-state index contributed by atoms with van der Waals surface area (Å²) in [6.07, 6.45) is 7.57. The van der Waals surface area contributed by atoms with Gasteiger partial charge in [-0.1, -0.05) is 30.0 Å². The van der Waals surface area contributed by atoms with E-state index in [1.165, 1.54) is 11.6 Å². The number of halogens is 1. The molecule has 5 rings (SSSR count). The lowest BCUT2D eigenvalue weighted by Crippen LogP contribution is -2.41. The first-order valence-corrected chi connectivity index (χ1v) is 12.7. The Hall–Kier alpha value is -3.01. The number of amides is 1. The highest BCUT2D eigenvalue weighted by Crippen LogP contribution is 2.28. The SMILES string of the molecule is CN(c1nccc(/C=C2\SC(O)NC2=O)n1)C1CCC(NCc2ccc3cc(F)ccc3c2)CC1.